The van der Waals surface area contributed by atoms with E-state index in [1.807, 2.05) is 30.9 Å². The number of rotatable bonds is 5. The maximum Gasteiger partial charge on any atom is 0.251 e. The molecule has 44 heavy (non-hydrogen) atoms. The Labute approximate surface area is 258 Å². The molecule has 0 fully saturated rings. The minimum Gasteiger partial charge on any atom is -0.496 e. The maximum atomic E-state index is 13.4. The maximum absolute atomic E-state index is 13.4. The van der Waals surface area contributed by atoms with Gasteiger partial charge in [-0.3, -0.25) is 24.3 Å². The molecule has 11 heteroatoms. The first kappa shape index (κ1) is 32.3. The zero-order chi connectivity index (χ0) is 31.5. The van der Waals surface area contributed by atoms with Gasteiger partial charge in [0.25, 0.3) is 5.91 Å². The van der Waals surface area contributed by atoms with Crippen LogP contribution in [0.25, 0.3) is 0 Å². The summed E-state index contributed by atoms with van der Waals surface area (Å²) in [4.78, 5) is 45.9. The summed E-state index contributed by atoms with van der Waals surface area (Å²) in [6.45, 7) is 5.61. The Morgan fingerprint density at radius 2 is 1.73 bits per heavy atom. The number of ether oxygens (including phenoxy) is 3. The second-order valence-corrected chi connectivity index (χ2v) is 10.9. The van der Waals surface area contributed by atoms with Gasteiger partial charge >= 0.3 is 0 Å². The Balaban J connectivity index is 1.64. The van der Waals surface area contributed by atoms with Crippen molar-refractivity contribution in [3.63, 3.8) is 0 Å². The molecule has 3 amide bonds. The third kappa shape index (κ3) is 8.70. The molecule has 3 aromatic rings. The normalized spacial score (nSPS) is 17.4. The molecule has 234 valence electrons. The van der Waals surface area contributed by atoms with Gasteiger partial charge in [-0.1, -0.05) is 19.9 Å². The van der Waals surface area contributed by atoms with Crippen LogP contribution in [0.1, 0.15) is 48.2 Å². The van der Waals surface area contributed by atoms with Gasteiger partial charge in [-0.15, -0.1) is 0 Å². The summed E-state index contributed by atoms with van der Waals surface area (Å²) < 4.78 is 17.4. The minimum absolute atomic E-state index is 0.0773. The Bertz CT molecular complexity index is 1430. The molecule has 2 heterocycles. The van der Waals surface area contributed by atoms with E-state index in [1.165, 1.54) is 14.2 Å². The van der Waals surface area contributed by atoms with Crippen LogP contribution in [0.5, 0.6) is 23.0 Å². The van der Waals surface area contributed by atoms with E-state index in [9.17, 15) is 14.4 Å². The van der Waals surface area contributed by atoms with Gasteiger partial charge in [0, 0.05) is 31.0 Å². The highest BCUT2D eigenvalue weighted by molar-refractivity contribution is 5.95. The SMILES string of the molecule is COc1ccc2cc1Oc1cccc(OC)c1CNC(=O)[C@@H](C(C)C)NC(=O)CN(Cc1ccncc1)CCCCNC2=O. The number of pyridine rings is 1. The van der Waals surface area contributed by atoms with E-state index in [2.05, 4.69) is 20.9 Å². The van der Waals surface area contributed by atoms with Crippen LogP contribution in [0.2, 0.25) is 0 Å². The van der Waals surface area contributed by atoms with Gasteiger partial charge < -0.3 is 30.2 Å². The van der Waals surface area contributed by atoms with Crippen LogP contribution in [-0.2, 0) is 22.7 Å². The molecule has 3 N–H and O–H groups in total. The van der Waals surface area contributed by atoms with Crippen LogP contribution in [0.4, 0.5) is 0 Å². The Morgan fingerprint density at radius 1 is 0.955 bits per heavy atom. The molecule has 0 aliphatic carbocycles. The number of hydrogen-bond donors (Lipinski definition) is 3. The third-order valence-electron chi connectivity index (χ3n) is 7.37. The molecule has 0 saturated carbocycles. The first-order valence-electron chi connectivity index (χ1n) is 14.8. The number of methoxy groups -OCH3 is 2. The molecule has 0 spiro atoms. The van der Waals surface area contributed by atoms with Gasteiger partial charge in [0.15, 0.2) is 11.5 Å². The first-order chi connectivity index (χ1) is 21.3. The molecule has 11 nitrogen and oxygen atoms in total. The molecule has 0 radical (unpaired) electrons. The van der Waals surface area contributed by atoms with Gasteiger partial charge in [-0.05, 0) is 73.3 Å². The number of carbonyl (C=O) groups excluding carboxylic acids is 3. The lowest BCUT2D eigenvalue weighted by Crippen LogP contribution is -2.51. The number of fused-ring (bicyclic) bond motifs is 3. The Hall–Kier alpha value is -4.64. The third-order valence-corrected chi connectivity index (χ3v) is 7.37. The van der Waals surface area contributed by atoms with Crippen LogP contribution < -0.4 is 30.2 Å². The van der Waals surface area contributed by atoms with E-state index < -0.39 is 6.04 Å². The fourth-order valence-electron chi connectivity index (χ4n) is 4.99. The van der Waals surface area contributed by atoms with E-state index in [0.29, 0.717) is 60.2 Å². The summed E-state index contributed by atoms with van der Waals surface area (Å²) in [7, 11) is 3.06. The number of aromatic nitrogens is 1. The Morgan fingerprint density at radius 3 is 2.45 bits per heavy atom. The number of hydrogen-bond acceptors (Lipinski definition) is 8. The zero-order valence-corrected chi connectivity index (χ0v) is 25.7. The van der Waals surface area contributed by atoms with Gasteiger partial charge in [0.1, 0.15) is 17.5 Å². The molecule has 0 unspecified atom stereocenters. The molecule has 1 aromatic heterocycles. The van der Waals surface area contributed by atoms with E-state index in [-0.39, 0.29) is 36.7 Å². The van der Waals surface area contributed by atoms with Gasteiger partial charge in [-0.2, -0.15) is 0 Å². The van der Waals surface area contributed by atoms with E-state index in [4.69, 9.17) is 14.2 Å². The molecule has 0 saturated heterocycles. The molecule has 2 aromatic carbocycles. The lowest BCUT2D eigenvalue weighted by atomic mass is 10.0. The zero-order valence-electron chi connectivity index (χ0n) is 25.7. The average molecular weight is 604 g/mol. The van der Waals surface area contributed by atoms with E-state index >= 15 is 0 Å². The number of carbonyl (C=O) groups is 3. The molecule has 1 aliphatic heterocycles. The molecular formula is C33H41N5O6. The van der Waals surface area contributed by atoms with Crippen LogP contribution in [0.3, 0.4) is 0 Å². The highest BCUT2D eigenvalue weighted by Gasteiger charge is 2.26. The van der Waals surface area contributed by atoms with Gasteiger partial charge in [0.05, 0.1) is 32.9 Å². The fraction of sp³-hybridized carbons (Fsp3) is 0.394. The molecule has 4 rings (SSSR count). The lowest BCUT2D eigenvalue weighted by Gasteiger charge is -2.26. The monoisotopic (exact) mass is 603 g/mol. The molecule has 1 aliphatic rings. The van der Waals surface area contributed by atoms with Crippen molar-refractivity contribution in [1.82, 2.24) is 25.8 Å². The standard InChI is InChI=1S/C33H41N5O6/c1-22(2)31-33(41)36-19-25-26(42-3)8-7-9-27(25)44-29-18-24(10-11-28(29)43-4)32(40)35-14-5-6-17-38(21-30(39)37-31)20-23-12-15-34-16-13-23/h7-13,15-16,18,22,31H,5-6,14,17,19-21H2,1-4H3,(H,35,40)(H,36,41)(H,37,39)/t31-/m1/s1. The van der Waals surface area contributed by atoms with Crippen LogP contribution >= 0.6 is 0 Å². The van der Waals surface area contributed by atoms with Crippen molar-refractivity contribution in [2.75, 3.05) is 33.9 Å². The number of nitrogens with zero attached hydrogens (tertiary/aromatic N) is 2. The highest BCUT2D eigenvalue weighted by Crippen LogP contribution is 2.37. The van der Waals surface area contributed by atoms with Gasteiger partial charge in [0.2, 0.25) is 11.8 Å². The molecule has 2 bridgehead atoms. The minimum atomic E-state index is -0.748. The summed E-state index contributed by atoms with van der Waals surface area (Å²) in [5.41, 5.74) is 2.04. The first-order valence-corrected chi connectivity index (χ1v) is 14.8. The number of amides is 3. The smallest absolute Gasteiger partial charge is 0.251 e. The topological polar surface area (TPSA) is 131 Å². The fourth-order valence-corrected chi connectivity index (χ4v) is 4.99. The van der Waals surface area contributed by atoms with E-state index in [1.54, 1.807) is 48.8 Å². The summed E-state index contributed by atoms with van der Waals surface area (Å²) in [6.07, 6.45) is 4.91. The Kier molecular flexibility index (Phi) is 11.5. The van der Waals surface area contributed by atoms with Crippen LogP contribution in [-0.4, -0.2) is 67.5 Å². The quantitative estimate of drug-likeness (QED) is 0.403. The van der Waals surface area contributed by atoms with Crippen molar-refractivity contribution < 1.29 is 28.6 Å². The van der Waals surface area contributed by atoms with Crippen molar-refractivity contribution in [3.8, 4) is 23.0 Å². The summed E-state index contributed by atoms with van der Waals surface area (Å²) in [5.74, 6) is 0.751. The van der Waals surface area contributed by atoms with E-state index in [0.717, 1.165) is 12.0 Å². The summed E-state index contributed by atoms with van der Waals surface area (Å²) in [6, 6.07) is 13.4. The second-order valence-electron chi connectivity index (χ2n) is 10.9. The number of benzene rings is 2. The van der Waals surface area contributed by atoms with Crippen LogP contribution in [0, 0.1) is 5.92 Å². The molecular weight excluding hydrogens is 562 g/mol. The van der Waals surface area contributed by atoms with Crippen LogP contribution in [0.15, 0.2) is 60.9 Å². The van der Waals surface area contributed by atoms with Crippen molar-refractivity contribution in [2.24, 2.45) is 5.92 Å². The largest absolute Gasteiger partial charge is 0.496 e. The second kappa shape index (κ2) is 15.7. The summed E-state index contributed by atoms with van der Waals surface area (Å²) in [5, 5.41) is 8.87. The predicted octanol–water partition coefficient (Wildman–Crippen LogP) is 3.67. The predicted molar refractivity (Wildman–Crippen MR) is 166 cm³/mol. The van der Waals surface area contributed by atoms with Crippen molar-refractivity contribution in [1.29, 1.82) is 0 Å². The molecule has 1 atom stereocenters. The highest BCUT2D eigenvalue weighted by atomic mass is 16.5. The number of nitrogens with one attached hydrogen (secondary N) is 3. The van der Waals surface area contributed by atoms with Crippen molar-refractivity contribution in [3.05, 3.63) is 77.6 Å². The summed E-state index contributed by atoms with van der Waals surface area (Å²) >= 11 is 0. The van der Waals surface area contributed by atoms with Crippen molar-refractivity contribution >= 4 is 17.7 Å². The lowest BCUT2D eigenvalue weighted by molar-refractivity contribution is -0.130. The van der Waals surface area contributed by atoms with Gasteiger partial charge in [-0.25, -0.2) is 0 Å². The average Bonchev–Trinajstić information content (AvgIpc) is 3.02. The van der Waals surface area contributed by atoms with Crippen molar-refractivity contribution in [2.45, 2.75) is 45.8 Å².